The number of aryl methyl sites for hydroxylation is 1. The van der Waals surface area contributed by atoms with Crippen LogP contribution < -0.4 is 20.7 Å². The topological polar surface area (TPSA) is 143 Å². The van der Waals surface area contributed by atoms with Gasteiger partial charge in [-0.3, -0.25) is 19.1 Å². The van der Waals surface area contributed by atoms with E-state index in [1.165, 1.54) is 0 Å². The average Bonchev–Trinajstić information content (AvgIpc) is 3.67. The minimum Gasteiger partial charge on any atom is -0.493 e. The zero-order valence-electron chi connectivity index (χ0n) is 27.4. The number of carbonyl (C=O) groups excluding carboxylic acids is 3. The molecule has 241 valence electrons. The highest BCUT2D eigenvalue weighted by Crippen LogP contribution is 2.48. The molecule has 0 bridgehead atoms. The van der Waals surface area contributed by atoms with Crippen LogP contribution in [0.5, 0.6) is 5.75 Å². The summed E-state index contributed by atoms with van der Waals surface area (Å²) in [6, 6.07) is 14.1. The molecule has 0 aliphatic carbocycles. The maximum Gasteiger partial charge on any atom is 0.270 e. The number of hydrogen-bond acceptors (Lipinski definition) is 6. The van der Waals surface area contributed by atoms with Crippen molar-refractivity contribution in [2.45, 2.75) is 64.1 Å². The Bertz CT molecular complexity index is 1790. The summed E-state index contributed by atoms with van der Waals surface area (Å²) in [7, 11) is 2.21. The van der Waals surface area contributed by atoms with Crippen molar-refractivity contribution in [3.63, 3.8) is 0 Å². The Hall–Kier alpha value is -4.58. The molecule has 1 radical (unpaired) electrons. The minimum absolute atomic E-state index is 0.00927. The van der Waals surface area contributed by atoms with Crippen LogP contribution >= 0.6 is 0 Å². The number of H-pyrrole nitrogens is 1. The van der Waals surface area contributed by atoms with Crippen LogP contribution in [0.3, 0.4) is 0 Å². The summed E-state index contributed by atoms with van der Waals surface area (Å²) in [5, 5.41) is 13.1. The van der Waals surface area contributed by atoms with Gasteiger partial charge in [-0.15, -0.1) is 0 Å². The first-order valence-corrected chi connectivity index (χ1v) is 17.1. The molecule has 0 saturated carbocycles. The standard InChI is InChI=1S/C34H42N7O4Si/c1-8-35-30(42)21(3)37-32(44)33(4,5)22-13-14-24-25(17-22)39-29(38-24)28(40-31(43)26-15-16-36-41(26)6)34(19-46-7)20(2)18-45-27-12-10-9-11-23(27)34/h9-17,19-21,28H,8,18H2,1-7H3,(H,35,42)(H,37,44)(H,38,39)(H,40,43)/t20?,21-,28-,34+/m1/s1. The lowest BCUT2D eigenvalue weighted by Gasteiger charge is -2.46. The molecule has 2 aromatic heterocycles. The Kier molecular flexibility index (Phi) is 9.29. The van der Waals surface area contributed by atoms with Crippen molar-refractivity contribution in [3.05, 3.63) is 77.4 Å². The maximum atomic E-state index is 13.8. The number of ether oxygens (including phenoxy) is 1. The lowest BCUT2D eigenvalue weighted by atomic mass is 9.65. The predicted octanol–water partition coefficient (Wildman–Crippen LogP) is 3.21. The van der Waals surface area contributed by atoms with Gasteiger partial charge in [0.15, 0.2) is 0 Å². The fraction of sp³-hybridized carbons (Fsp3) is 0.412. The molecule has 4 N–H and O–H groups in total. The van der Waals surface area contributed by atoms with E-state index in [-0.39, 0.29) is 23.6 Å². The molecule has 46 heavy (non-hydrogen) atoms. The van der Waals surface area contributed by atoms with E-state index in [0.717, 1.165) is 22.4 Å². The largest absolute Gasteiger partial charge is 0.493 e. The third-order valence-corrected chi connectivity index (χ3v) is 9.77. The zero-order valence-corrected chi connectivity index (χ0v) is 28.4. The summed E-state index contributed by atoms with van der Waals surface area (Å²) >= 11 is 0. The molecular weight excluding hydrogens is 599 g/mol. The third-order valence-electron chi connectivity index (χ3n) is 9.00. The molecule has 0 fully saturated rings. The Morgan fingerprint density at radius 1 is 1.20 bits per heavy atom. The van der Waals surface area contributed by atoms with Gasteiger partial charge >= 0.3 is 0 Å². The van der Waals surface area contributed by atoms with Crippen molar-refractivity contribution < 1.29 is 19.1 Å². The molecule has 4 aromatic rings. The molecule has 3 heterocycles. The van der Waals surface area contributed by atoms with Gasteiger partial charge in [-0.1, -0.05) is 43.4 Å². The molecule has 1 unspecified atom stereocenters. The van der Waals surface area contributed by atoms with Gasteiger partial charge in [0.25, 0.3) is 5.91 Å². The molecule has 0 saturated heterocycles. The Balaban J connectivity index is 1.60. The van der Waals surface area contributed by atoms with Crippen LogP contribution in [0, 0.1) is 5.92 Å². The SMILES string of the molecule is CCNC(=O)[C@@H](C)NC(=O)C(C)(C)c1ccc2nc([C@@H](NC(=O)c3ccnn3C)[C@]3(/C=[Si]/C)c4ccccc4OCC3C)[nH]c2c1. The van der Waals surface area contributed by atoms with Crippen molar-refractivity contribution in [2.24, 2.45) is 13.0 Å². The van der Waals surface area contributed by atoms with Gasteiger partial charge in [-0.05, 0) is 57.5 Å². The second-order valence-electron chi connectivity index (χ2n) is 12.4. The van der Waals surface area contributed by atoms with Gasteiger partial charge in [0, 0.05) is 45.8 Å². The molecule has 3 amide bonds. The first-order chi connectivity index (χ1) is 21.9. The number of para-hydroxylation sites is 1. The normalized spacial score (nSPS) is 19.2. The Labute approximate surface area is 271 Å². The first-order valence-electron chi connectivity index (χ1n) is 15.6. The van der Waals surface area contributed by atoms with E-state index in [0.29, 0.717) is 39.3 Å². The van der Waals surface area contributed by atoms with E-state index < -0.39 is 22.9 Å². The van der Waals surface area contributed by atoms with Crippen LogP contribution in [-0.4, -0.2) is 71.5 Å². The molecule has 1 aliphatic heterocycles. The van der Waals surface area contributed by atoms with E-state index >= 15 is 0 Å². The van der Waals surface area contributed by atoms with Crippen molar-refractivity contribution in [3.8, 4) is 5.75 Å². The third kappa shape index (κ3) is 5.89. The first kappa shape index (κ1) is 32.8. The Morgan fingerprint density at radius 2 is 1.96 bits per heavy atom. The number of carbonyl (C=O) groups is 3. The number of rotatable bonds is 10. The number of amides is 3. The summed E-state index contributed by atoms with van der Waals surface area (Å²) in [6.45, 7) is 12.4. The number of aromatic nitrogens is 4. The van der Waals surface area contributed by atoms with Crippen LogP contribution in [0.25, 0.3) is 11.0 Å². The number of likely N-dealkylation sites (N-methyl/N-ethyl adjacent to an activating group) is 1. The molecule has 0 spiro atoms. The molecule has 5 rings (SSSR count). The number of hydrogen-bond donors (Lipinski definition) is 4. The van der Waals surface area contributed by atoms with Gasteiger partial charge in [0.2, 0.25) is 11.8 Å². The quantitative estimate of drug-likeness (QED) is 0.196. The molecular formula is C34H42N7O4Si. The van der Waals surface area contributed by atoms with Gasteiger partial charge < -0.3 is 25.7 Å². The van der Waals surface area contributed by atoms with Gasteiger partial charge in [0.1, 0.15) is 29.4 Å². The molecule has 4 atom stereocenters. The van der Waals surface area contributed by atoms with Gasteiger partial charge in [-0.25, -0.2) is 4.98 Å². The van der Waals surface area contributed by atoms with Gasteiger partial charge in [-0.2, -0.15) is 5.10 Å². The zero-order chi connectivity index (χ0) is 33.2. The lowest BCUT2D eigenvalue weighted by molar-refractivity contribution is -0.131. The maximum absolute atomic E-state index is 13.8. The van der Waals surface area contributed by atoms with Crippen molar-refractivity contribution in [2.75, 3.05) is 13.2 Å². The summed E-state index contributed by atoms with van der Waals surface area (Å²) in [4.78, 5) is 48.1. The van der Waals surface area contributed by atoms with Crippen LogP contribution in [0.2, 0.25) is 6.55 Å². The minimum atomic E-state index is -0.945. The molecule has 12 heteroatoms. The second-order valence-corrected chi connectivity index (χ2v) is 13.3. The lowest BCUT2D eigenvalue weighted by Crippen LogP contribution is -2.53. The van der Waals surface area contributed by atoms with Crippen LogP contribution in [0.4, 0.5) is 0 Å². The van der Waals surface area contributed by atoms with E-state index in [2.05, 4.69) is 51.2 Å². The smallest absolute Gasteiger partial charge is 0.270 e. The van der Waals surface area contributed by atoms with E-state index in [1.54, 1.807) is 30.9 Å². The summed E-state index contributed by atoms with van der Waals surface area (Å²) in [5.74, 6) is 0.591. The number of benzene rings is 2. The highest BCUT2D eigenvalue weighted by molar-refractivity contribution is 6.47. The van der Waals surface area contributed by atoms with Crippen LogP contribution in [0.15, 0.2) is 54.7 Å². The predicted molar refractivity (Wildman–Crippen MR) is 179 cm³/mol. The van der Waals surface area contributed by atoms with Crippen molar-refractivity contribution >= 4 is 43.6 Å². The van der Waals surface area contributed by atoms with Crippen molar-refractivity contribution in [1.29, 1.82) is 0 Å². The van der Waals surface area contributed by atoms with E-state index in [4.69, 9.17) is 9.72 Å². The highest BCUT2D eigenvalue weighted by atomic mass is 28.2. The summed E-state index contributed by atoms with van der Waals surface area (Å²) in [6.07, 6.45) is 1.60. The fourth-order valence-corrected chi connectivity index (χ4v) is 7.31. The van der Waals surface area contributed by atoms with Gasteiger partial charge in [0.05, 0.1) is 23.1 Å². The number of nitrogens with zero attached hydrogens (tertiary/aromatic N) is 3. The van der Waals surface area contributed by atoms with Crippen molar-refractivity contribution in [1.82, 2.24) is 35.7 Å². The number of nitrogens with one attached hydrogen (secondary N) is 4. The molecule has 11 nitrogen and oxygen atoms in total. The highest BCUT2D eigenvalue weighted by Gasteiger charge is 2.50. The van der Waals surface area contributed by atoms with Crippen LogP contribution in [0.1, 0.15) is 68.1 Å². The number of fused-ring (bicyclic) bond motifs is 2. The Morgan fingerprint density at radius 3 is 2.65 bits per heavy atom. The second kappa shape index (κ2) is 13.0. The number of aromatic amines is 1. The van der Waals surface area contributed by atoms with Crippen LogP contribution in [-0.2, 0) is 27.5 Å². The van der Waals surface area contributed by atoms with E-state index in [1.807, 2.05) is 57.2 Å². The molecule has 2 aromatic carbocycles. The summed E-state index contributed by atoms with van der Waals surface area (Å²) < 4.78 is 7.72. The molecule has 1 aliphatic rings. The van der Waals surface area contributed by atoms with E-state index in [9.17, 15) is 14.4 Å². The fourth-order valence-electron chi connectivity index (χ4n) is 6.22. The average molecular weight is 641 g/mol. The summed E-state index contributed by atoms with van der Waals surface area (Å²) in [5.41, 5.74) is 4.29. The monoisotopic (exact) mass is 640 g/mol. The number of imidazole rings is 1.